The van der Waals surface area contributed by atoms with E-state index in [9.17, 15) is 18.7 Å². The number of pyridine rings is 1. The van der Waals surface area contributed by atoms with Crippen molar-refractivity contribution in [1.82, 2.24) is 4.98 Å². The van der Waals surface area contributed by atoms with Crippen LogP contribution in [0, 0.1) is 11.6 Å². The van der Waals surface area contributed by atoms with Crippen molar-refractivity contribution in [2.75, 3.05) is 6.61 Å². The number of nitrogens with one attached hydrogen (secondary N) is 1. The zero-order valence-corrected chi connectivity index (χ0v) is 12.9. The van der Waals surface area contributed by atoms with E-state index >= 15 is 0 Å². The SMILES string of the molecule is O=c1cc(-c2ccccc2Cl)[nH]c2cc(F)c(C(O)CO)c(F)c12. The summed E-state index contributed by atoms with van der Waals surface area (Å²) in [5.41, 5.74) is -0.671. The third kappa shape index (κ3) is 2.69. The van der Waals surface area contributed by atoms with Gasteiger partial charge in [0, 0.05) is 16.7 Å². The van der Waals surface area contributed by atoms with E-state index < -0.39 is 40.7 Å². The fourth-order valence-electron chi connectivity index (χ4n) is 2.58. The van der Waals surface area contributed by atoms with Crippen LogP contribution >= 0.6 is 11.6 Å². The molecule has 1 unspecified atom stereocenters. The Bertz CT molecular complexity index is 987. The van der Waals surface area contributed by atoms with Crippen molar-refractivity contribution in [3.63, 3.8) is 0 Å². The number of aliphatic hydroxyl groups excluding tert-OH is 2. The van der Waals surface area contributed by atoms with E-state index in [2.05, 4.69) is 4.98 Å². The Kier molecular flexibility index (Phi) is 4.36. The molecule has 4 nitrogen and oxygen atoms in total. The van der Waals surface area contributed by atoms with Crippen molar-refractivity contribution < 1.29 is 19.0 Å². The van der Waals surface area contributed by atoms with Gasteiger partial charge in [0.15, 0.2) is 5.43 Å². The quantitative estimate of drug-likeness (QED) is 0.678. The summed E-state index contributed by atoms with van der Waals surface area (Å²) in [5.74, 6) is -2.26. The third-order valence-electron chi connectivity index (χ3n) is 3.72. The first-order valence-corrected chi connectivity index (χ1v) is 7.40. The number of aromatic nitrogens is 1. The molecule has 0 fully saturated rings. The summed E-state index contributed by atoms with van der Waals surface area (Å²) in [6.07, 6.45) is -1.75. The molecule has 0 aliphatic carbocycles. The summed E-state index contributed by atoms with van der Waals surface area (Å²) in [7, 11) is 0. The molecular formula is C17H12ClF2NO3. The molecule has 1 atom stereocenters. The van der Waals surface area contributed by atoms with Gasteiger partial charge in [0.25, 0.3) is 0 Å². The van der Waals surface area contributed by atoms with Gasteiger partial charge >= 0.3 is 0 Å². The Balaban J connectivity index is 2.32. The first-order valence-electron chi connectivity index (χ1n) is 7.02. The first-order chi connectivity index (χ1) is 11.4. The van der Waals surface area contributed by atoms with Crippen LogP contribution in [0.3, 0.4) is 0 Å². The van der Waals surface area contributed by atoms with Crippen LogP contribution in [-0.4, -0.2) is 21.8 Å². The van der Waals surface area contributed by atoms with Gasteiger partial charge in [-0.05, 0) is 12.1 Å². The fourth-order valence-corrected chi connectivity index (χ4v) is 2.82. The van der Waals surface area contributed by atoms with Crippen LogP contribution in [0.2, 0.25) is 5.02 Å². The second kappa shape index (κ2) is 6.32. The number of hydrogen-bond donors (Lipinski definition) is 3. The molecule has 0 saturated heterocycles. The highest BCUT2D eigenvalue weighted by atomic mass is 35.5. The Morgan fingerprint density at radius 3 is 2.58 bits per heavy atom. The smallest absolute Gasteiger partial charge is 0.192 e. The Hall–Kier alpha value is -2.28. The van der Waals surface area contributed by atoms with Crippen LogP contribution in [0.25, 0.3) is 22.2 Å². The average molecular weight is 352 g/mol. The van der Waals surface area contributed by atoms with Crippen LogP contribution in [0.4, 0.5) is 8.78 Å². The minimum absolute atomic E-state index is 0.0682. The van der Waals surface area contributed by atoms with Crippen molar-refractivity contribution in [1.29, 1.82) is 0 Å². The molecule has 1 heterocycles. The maximum atomic E-state index is 14.5. The largest absolute Gasteiger partial charge is 0.393 e. The van der Waals surface area contributed by atoms with E-state index in [0.717, 1.165) is 12.1 Å². The summed E-state index contributed by atoms with van der Waals surface area (Å²) in [4.78, 5) is 15.1. The standard InChI is InChI=1S/C17H12ClF2NO3/c18-9-4-2-1-3-8(9)11-6-13(23)16-12(21-11)5-10(19)15(17(16)20)14(24)7-22/h1-6,14,22,24H,7H2,(H,21,23). The van der Waals surface area contributed by atoms with Crippen LogP contribution in [0.5, 0.6) is 0 Å². The molecule has 0 aliphatic heterocycles. The number of benzene rings is 2. The Labute approximate surface area is 140 Å². The summed E-state index contributed by atoms with van der Waals surface area (Å²) < 4.78 is 28.6. The lowest BCUT2D eigenvalue weighted by molar-refractivity contribution is 0.0896. The van der Waals surface area contributed by atoms with E-state index in [0.29, 0.717) is 16.3 Å². The predicted octanol–water partition coefficient (Wildman–Crippen LogP) is 3.15. The number of aromatic amines is 1. The number of aliphatic hydroxyl groups is 2. The molecule has 3 N–H and O–H groups in total. The van der Waals surface area contributed by atoms with Crippen LogP contribution in [0.15, 0.2) is 41.2 Å². The van der Waals surface area contributed by atoms with Gasteiger partial charge in [0.1, 0.15) is 17.7 Å². The van der Waals surface area contributed by atoms with Crippen LogP contribution in [-0.2, 0) is 0 Å². The van der Waals surface area contributed by atoms with Gasteiger partial charge in [-0.1, -0.05) is 29.8 Å². The van der Waals surface area contributed by atoms with E-state index in [-0.39, 0.29) is 5.52 Å². The minimum Gasteiger partial charge on any atom is -0.393 e. The molecule has 0 amide bonds. The van der Waals surface area contributed by atoms with Crippen molar-refractivity contribution in [3.05, 3.63) is 68.8 Å². The monoisotopic (exact) mass is 351 g/mol. The maximum Gasteiger partial charge on any atom is 0.192 e. The molecule has 0 bridgehead atoms. The summed E-state index contributed by atoms with van der Waals surface area (Å²) >= 11 is 6.08. The molecular weight excluding hydrogens is 340 g/mol. The molecule has 0 saturated carbocycles. The molecule has 0 spiro atoms. The second-order valence-electron chi connectivity index (χ2n) is 5.23. The molecule has 0 radical (unpaired) electrons. The second-order valence-corrected chi connectivity index (χ2v) is 5.64. The molecule has 3 aromatic rings. The van der Waals surface area contributed by atoms with Gasteiger partial charge in [0.05, 0.1) is 28.8 Å². The topological polar surface area (TPSA) is 73.3 Å². The summed E-state index contributed by atoms with van der Waals surface area (Å²) in [6, 6.07) is 8.78. The molecule has 24 heavy (non-hydrogen) atoms. The third-order valence-corrected chi connectivity index (χ3v) is 4.04. The molecule has 2 aromatic carbocycles. The lowest BCUT2D eigenvalue weighted by Gasteiger charge is -2.13. The number of H-pyrrole nitrogens is 1. The average Bonchev–Trinajstić information content (AvgIpc) is 2.54. The fraction of sp³-hybridized carbons (Fsp3) is 0.118. The number of hydrogen-bond acceptors (Lipinski definition) is 3. The zero-order valence-electron chi connectivity index (χ0n) is 12.2. The van der Waals surface area contributed by atoms with E-state index in [1.54, 1.807) is 24.3 Å². The van der Waals surface area contributed by atoms with Crippen molar-refractivity contribution in [3.8, 4) is 11.3 Å². The van der Waals surface area contributed by atoms with Crippen LogP contribution < -0.4 is 5.43 Å². The Morgan fingerprint density at radius 2 is 1.92 bits per heavy atom. The minimum atomic E-state index is -1.75. The highest BCUT2D eigenvalue weighted by Crippen LogP contribution is 2.29. The van der Waals surface area contributed by atoms with Gasteiger partial charge in [0.2, 0.25) is 0 Å². The van der Waals surface area contributed by atoms with Crippen LogP contribution in [0.1, 0.15) is 11.7 Å². The zero-order chi connectivity index (χ0) is 17.4. The summed E-state index contributed by atoms with van der Waals surface area (Å²) in [5, 5.41) is 18.5. The van der Waals surface area contributed by atoms with Crippen molar-refractivity contribution in [2.45, 2.75) is 6.10 Å². The number of halogens is 3. The highest BCUT2D eigenvalue weighted by Gasteiger charge is 2.22. The summed E-state index contributed by atoms with van der Waals surface area (Å²) in [6.45, 7) is -0.866. The van der Waals surface area contributed by atoms with Gasteiger partial charge < -0.3 is 15.2 Å². The predicted molar refractivity (Wildman–Crippen MR) is 87.0 cm³/mol. The van der Waals surface area contributed by atoms with Gasteiger partial charge in [-0.2, -0.15) is 0 Å². The van der Waals surface area contributed by atoms with Gasteiger partial charge in [-0.15, -0.1) is 0 Å². The maximum absolute atomic E-state index is 14.5. The van der Waals surface area contributed by atoms with E-state index in [4.69, 9.17) is 16.7 Å². The van der Waals surface area contributed by atoms with Gasteiger partial charge in [-0.25, -0.2) is 8.78 Å². The normalized spacial score (nSPS) is 12.5. The number of rotatable bonds is 3. The van der Waals surface area contributed by atoms with E-state index in [1.165, 1.54) is 0 Å². The molecule has 7 heteroatoms. The number of fused-ring (bicyclic) bond motifs is 1. The van der Waals surface area contributed by atoms with Crippen molar-refractivity contribution in [2.24, 2.45) is 0 Å². The highest BCUT2D eigenvalue weighted by molar-refractivity contribution is 6.33. The molecule has 3 rings (SSSR count). The molecule has 0 aliphatic rings. The van der Waals surface area contributed by atoms with Crippen molar-refractivity contribution >= 4 is 22.5 Å². The Morgan fingerprint density at radius 1 is 1.21 bits per heavy atom. The lowest BCUT2D eigenvalue weighted by Crippen LogP contribution is -2.13. The lowest BCUT2D eigenvalue weighted by atomic mass is 10.0. The molecule has 1 aromatic heterocycles. The molecule has 124 valence electrons. The first kappa shape index (κ1) is 16.6. The van der Waals surface area contributed by atoms with Gasteiger partial charge in [-0.3, -0.25) is 4.79 Å². The van der Waals surface area contributed by atoms with E-state index in [1.807, 2.05) is 0 Å².